The maximum Gasteiger partial charge on any atom is 0.255 e. The van der Waals surface area contributed by atoms with Crippen molar-refractivity contribution in [1.82, 2.24) is 4.98 Å². The molecule has 2 aromatic carbocycles. The minimum Gasteiger partial charge on any atom is -0.371 e. The van der Waals surface area contributed by atoms with Gasteiger partial charge in [-0.2, -0.15) is 0 Å². The van der Waals surface area contributed by atoms with E-state index in [4.69, 9.17) is 9.72 Å². The molecule has 4 rings (SSSR count). The third-order valence-electron chi connectivity index (χ3n) is 4.80. The number of thiazole rings is 1. The number of rotatable bonds is 7. The van der Waals surface area contributed by atoms with Gasteiger partial charge in [0.05, 0.1) is 23.4 Å². The summed E-state index contributed by atoms with van der Waals surface area (Å²) in [7, 11) is 0. The number of hydrogen-bond acceptors (Lipinski definition) is 4. The van der Waals surface area contributed by atoms with Crippen LogP contribution in [0, 0.1) is 19.8 Å². The normalized spacial score (nSPS) is 13.9. The van der Waals surface area contributed by atoms with E-state index >= 15 is 0 Å². The van der Waals surface area contributed by atoms with Crippen LogP contribution in [0.5, 0.6) is 0 Å². The molecule has 1 amide bonds. The van der Waals surface area contributed by atoms with Gasteiger partial charge in [0.2, 0.25) is 0 Å². The first kappa shape index (κ1) is 18.1. The van der Waals surface area contributed by atoms with E-state index in [9.17, 15) is 4.79 Å². The number of hydrogen-bond donors (Lipinski definition) is 0. The van der Waals surface area contributed by atoms with Crippen molar-refractivity contribution in [3.63, 3.8) is 0 Å². The highest BCUT2D eigenvalue weighted by Gasteiger charge is 2.24. The quantitative estimate of drug-likeness (QED) is 0.587. The molecule has 1 aromatic heterocycles. The third-order valence-corrected chi connectivity index (χ3v) is 6.03. The van der Waals surface area contributed by atoms with Gasteiger partial charge in [-0.1, -0.05) is 47.7 Å². The van der Waals surface area contributed by atoms with Crippen LogP contribution in [0.15, 0.2) is 42.5 Å². The smallest absolute Gasteiger partial charge is 0.255 e. The number of aryl methyl sites for hydroxylation is 2. The van der Waals surface area contributed by atoms with E-state index in [1.807, 2.05) is 30.3 Å². The summed E-state index contributed by atoms with van der Waals surface area (Å²) in [5.74, 6) is 0.612. The van der Waals surface area contributed by atoms with E-state index in [1.165, 1.54) is 24.0 Å². The van der Waals surface area contributed by atoms with Crippen LogP contribution in [-0.2, 0) is 16.1 Å². The SMILES string of the molecule is Cc1cc(C)c2sc(N(Cc3ccccc3)C(=O)COCC3CC3)nc2c1. The lowest BCUT2D eigenvalue weighted by atomic mass is 10.1. The zero-order valence-corrected chi connectivity index (χ0v) is 16.6. The summed E-state index contributed by atoms with van der Waals surface area (Å²) in [5.41, 5.74) is 4.42. The summed E-state index contributed by atoms with van der Waals surface area (Å²) in [6, 6.07) is 14.3. The third kappa shape index (κ3) is 4.37. The Morgan fingerprint density at radius 1 is 1.22 bits per heavy atom. The zero-order chi connectivity index (χ0) is 18.8. The lowest BCUT2D eigenvalue weighted by Gasteiger charge is -2.20. The van der Waals surface area contributed by atoms with Crippen LogP contribution in [0.25, 0.3) is 10.2 Å². The molecule has 0 unspecified atom stereocenters. The van der Waals surface area contributed by atoms with E-state index in [2.05, 4.69) is 26.0 Å². The molecule has 0 spiro atoms. The minimum absolute atomic E-state index is 0.0343. The Kier molecular flexibility index (Phi) is 5.23. The number of ether oxygens (including phenoxy) is 1. The van der Waals surface area contributed by atoms with Crippen molar-refractivity contribution in [2.75, 3.05) is 18.1 Å². The Bertz CT molecular complexity index is 948. The zero-order valence-electron chi connectivity index (χ0n) is 15.8. The Morgan fingerprint density at radius 3 is 2.74 bits per heavy atom. The van der Waals surface area contributed by atoms with Gasteiger partial charge in [-0.3, -0.25) is 9.69 Å². The molecule has 1 saturated carbocycles. The Hall–Kier alpha value is -2.24. The summed E-state index contributed by atoms with van der Waals surface area (Å²) in [6.45, 7) is 5.47. The van der Waals surface area contributed by atoms with Gasteiger partial charge in [0.1, 0.15) is 6.61 Å². The average molecular weight is 381 g/mol. The second kappa shape index (κ2) is 7.79. The van der Waals surface area contributed by atoms with Crippen molar-refractivity contribution in [2.24, 2.45) is 5.92 Å². The molecule has 1 aliphatic rings. The minimum atomic E-state index is -0.0343. The van der Waals surface area contributed by atoms with Crippen LogP contribution in [-0.4, -0.2) is 24.1 Å². The number of carbonyl (C=O) groups excluding carboxylic acids is 1. The van der Waals surface area contributed by atoms with E-state index in [0.717, 1.165) is 20.9 Å². The summed E-state index contributed by atoms with van der Waals surface area (Å²) < 4.78 is 6.80. The molecular weight excluding hydrogens is 356 g/mol. The number of anilines is 1. The second-order valence-electron chi connectivity index (χ2n) is 7.35. The first-order valence-electron chi connectivity index (χ1n) is 9.40. The number of nitrogens with zero attached hydrogens (tertiary/aromatic N) is 2. The van der Waals surface area contributed by atoms with E-state index in [0.29, 0.717) is 19.1 Å². The second-order valence-corrected chi connectivity index (χ2v) is 8.33. The van der Waals surface area contributed by atoms with Gasteiger partial charge in [0.15, 0.2) is 5.13 Å². The molecule has 0 radical (unpaired) electrons. The number of carbonyl (C=O) groups is 1. The predicted octanol–water partition coefficient (Wildman–Crippen LogP) is 4.87. The van der Waals surface area contributed by atoms with E-state index in [-0.39, 0.29) is 12.5 Å². The summed E-state index contributed by atoms with van der Waals surface area (Å²) in [6.07, 6.45) is 2.44. The van der Waals surface area contributed by atoms with Crippen molar-refractivity contribution in [2.45, 2.75) is 33.2 Å². The monoisotopic (exact) mass is 380 g/mol. The standard InChI is InChI=1S/C22H24N2O2S/c1-15-10-16(2)21-19(11-15)23-22(27-21)24(12-17-6-4-3-5-7-17)20(25)14-26-13-18-8-9-18/h3-7,10-11,18H,8-9,12-14H2,1-2H3. The van der Waals surface area contributed by atoms with Gasteiger partial charge in [-0.25, -0.2) is 4.98 Å². The van der Waals surface area contributed by atoms with Crippen molar-refractivity contribution >= 4 is 32.6 Å². The molecule has 0 atom stereocenters. The summed E-state index contributed by atoms with van der Waals surface area (Å²) >= 11 is 1.58. The topological polar surface area (TPSA) is 42.4 Å². The molecule has 27 heavy (non-hydrogen) atoms. The molecule has 0 saturated heterocycles. The maximum atomic E-state index is 12.9. The van der Waals surface area contributed by atoms with Gasteiger partial charge in [0.25, 0.3) is 5.91 Å². The van der Waals surface area contributed by atoms with Crippen LogP contribution in [0.1, 0.15) is 29.5 Å². The molecule has 1 heterocycles. The van der Waals surface area contributed by atoms with E-state index < -0.39 is 0 Å². The molecule has 0 N–H and O–H groups in total. The Morgan fingerprint density at radius 2 is 2.00 bits per heavy atom. The van der Waals surface area contributed by atoms with Crippen LogP contribution >= 0.6 is 11.3 Å². The van der Waals surface area contributed by atoms with E-state index in [1.54, 1.807) is 16.2 Å². The molecule has 4 nitrogen and oxygen atoms in total. The average Bonchev–Trinajstić information content (AvgIpc) is 3.37. The summed E-state index contributed by atoms with van der Waals surface area (Å²) in [4.78, 5) is 19.5. The first-order valence-corrected chi connectivity index (χ1v) is 10.2. The molecule has 3 aromatic rings. The number of fused-ring (bicyclic) bond motifs is 1. The highest BCUT2D eigenvalue weighted by molar-refractivity contribution is 7.22. The van der Waals surface area contributed by atoms with Crippen LogP contribution in [0.3, 0.4) is 0 Å². The fraction of sp³-hybridized carbons (Fsp3) is 0.364. The van der Waals surface area contributed by atoms with Gasteiger partial charge >= 0.3 is 0 Å². The lowest BCUT2D eigenvalue weighted by molar-refractivity contribution is -0.123. The maximum absolute atomic E-state index is 12.9. The van der Waals surface area contributed by atoms with Gasteiger partial charge in [0, 0.05) is 0 Å². The molecular formula is C22H24N2O2S. The number of amides is 1. The predicted molar refractivity (Wildman–Crippen MR) is 110 cm³/mol. The van der Waals surface area contributed by atoms with Crippen LogP contribution < -0.4 is 4.90 Å². The van der Waals surface area contributed by atoms with Crippen LogP contribution in [0.2, 0.25) is 0 Å². The molecule has 0 aliphatic heterocycles. The highest BCUT2D eigenvalue weighted by atomic mass is 32.1. The summed E-state index contributed by atoms with van der Waals surface area (Å²) in [5, 5.41) is 0.738. The van der Waals surface area contributed by atoms with Crippen LogP contribution in [0.4, 0.5) is 5.13 Å². The van der Waals surface area contributed by atoms with Gasteiger partial charge in [-0.05, 0) is 55.4 Å². The Labute approximate surface area is 163 Å². The number of benzene rings is 2. The fourth-order valence-corrected chi connectivity index (χ4v) is 4.22. The highest BCUT2D eigenvalue weighted by Crippen LogP contribution is 2.33. The molecule has 140 valence electrons. The van der Waals surface area contributed by atoms with Crippen molar-refractivity contribution < 1.29 is 9.53 Å². The van der Waals surface area contributed by atoms with Gasteiger partial charge < -0.3 is 4.74 Å². The number of aromatic nitrogens is 1. The van der Waals surface area contributed by atoms with Crippen molar-refractivity contribution in [3.8, 4) is 0 Å². The van der Waals surface area contributed by atoms with Gasteiger partial charge in [-0.15, -0.1) is 0 Å². The van der Waals surface area contributed by atoms with Crippen molar-refractivity contribution in [1.29, 1.82) is 0 Å². The fourth-order valence-electron chi connectivity index (χ4n) is 3.18. The first-order chi connectivity index (χ1) is 13.1. The molecule has 1 fully saturated rings. The van der Waals surface area contributed by atoms with Crippen molar-refractivity contribution in [3.05, 3.63) is 59.2 Å². The molecule has 1 aliphatic carbocycles. The lowest BCUT2D eigenvalue weighted by Crippen LogP contribution is -2.33. The molecule has 0 bridgehead atoms. The largest absolute Gasteiger partial charge is 0.371 e. The Balaban J connectivity index is 1.61. The molecule has 5 heteroatoms.